The average Bonchev–Trinajstić information content (AvgIpc) is 3.47. The Bertz CT molecular complexity index is 930. The number of carbonyl (C=O) groups excluding carboxylic acids is 1. The molecule has 1 aliphatic heterocycles. The Hall–Kier alpha value is -2.48. The molecule has 3 aromatic rings. The third kappa shape index (κ3) is 2.65. The van der Waals surface area contributed by atoms with Crippen molar-refractivity contribution >= 4 is 17.2 Å². The van der Waals surface area contributed by atoms with E-state index in [9.17, 15) is 4.79 Å². The molecule has 1 aliphatic carbocycles. The minimum Gasteiger partial charge on any atom is -0.360 e. The fourth-order valence-corrected chi connectivity index (χ4v) is 4.39. The van der Waals surface area contributed by atoms with Crippen LogP contribution in [0.3, 0.4) is 0 Å². The molecule has 4 heterocycles. The van der Waals surface area contributed by atoms with E-state index in [0.717, 1.165) is 49.0 Å². The molecule has 0 radical (unpaired) electrons. The fourth-order valence-electron chi connectivity index (χ4n) is 3.76. The van der Waals surface area contributed by atoms with Gasteiger partial charge in [-0.3, -0.25) is 4.79 Å². The van der Waals surface area contributed by atoms with Crippen LogP contribution in [0.2, 0.25) is 0 Å². The number of likely N-dealkylation sites (tertiary alicyclic amines) is 1. The maximum Gasteiger partial charge on any atom is 0.276 e. The molecule has 1 amide bonds. The summed E-state index contributed by atoms with van der Waals surface area (Å²) in [6, 6.07) is 1.96. The summed E-state index contributed by atoms with van der Waals surface area (Å²) >= 11 is 1.59. The van der Waals surface area contributed by atoms with Crippen molar-refractivity contribution in [1.82, 2.24) is 20.2 Å². The van der Waals surface area contributed by atoms with Crippen LogP contribution in [0.15, 0.2) is 25.9 Å². The van der Waals surface area contributed by atoms with Crippen molar-refractivity contribution < 1.29 is 13.8 Å². The summed E-state index contributed by atoms with van der Waals surface area (Å²) in [7, 11) is 0. The van der Waals surface area contributed by atoms with Crippen LogP contribution in [0.4, 0.5) is 0 Å². The summed E-state index contributed by atoms with van der Waals surface area (Å²) in [5, 5.41) is 12.2. The van der Waals surface area contributed by atoms with Crippen LogP contribution in [-0.4, -0.2) is 39.2 Å². The Labute approximate surface area is 154 Å². The standard InChI is InChI=1S/C18H18N4O3S/c23-18(15-13-3-1-2-4-14(13)24-20-15)22-7-5-11(9-22)16-19-17(25-21-16)12-6-8-26-10-12/h6,8,10-11H,1-5,7,9H2/t11-/m1/s1. The number of hydrogen-bond acceptors (Lipinski definition) is 7. The molecule has 0 saturated carbocycles. The van der Waals surface area contributed by atoms with Crippen molar-refractivity contribution in [2.75, 3.05) is 13.1 Å². The molecule has 1 saturated heterocycles. The van der Waals surface area contributed by atoms with Gasteiger partial charge < -0.3 is 13.9 Å². The molecule has 8 heteroatoms. The van der Waals surface area contributed by atoms with Crippen LogP contribution in [0.25, 0.3) is 11.5 Å². The minimum absolute atomic E-state index is 0.0408. The molecule has 1 fully saturated rings. The molecule has 134 valence electrons. The zero-order chi connectivity index (χ0) is 17.5. The molecule has 0 aromatic carbocycles. The second-order valence-electron chi connectivity index (χ2n) is 6.85. The third-order valence-electron chi connectivity index (χ3n) is 5.20. The topological polar surface area (TPSA) is 85.3 Å². The highest BCUT2D eigenvalue weighted by molar-refractivity contribution is 7.08. The molecule has 1 atom stereocenters. The highest BCUT2D eigenvalue weighted by Gasteiger charge is 2.34. The Balaban J connectivity index is 1.31. The van der Waals surface area contributed by atoms with E-state index < -0.39 is 0 Å². The van der Waals surface area contributed by atoms with Crippen molar-refractivity contribution in [2.24, 2.45) is 0 Å². The monoisotopic (exact) mass is 370 g/mol. The smallest absolute Gasteiger partial charge is 0.276 e. The predicted octanol–water partition coefficient (Wildman–Crippen LogP) is 3.29. The lowest BCUT2D eigenvalue weighted by Crippen LogP contribution is -2.29. The quantitative estimate of drug-likeness (QED) is 0.703. The third-order valence-corrected chi connectivity index (χ3v) is 5.89. The SMILES string of the molecule is O=C(c1noc2c1CCCC2)N1CC[C@@H](c2noc(-c3ccsc3)n2)C1. The minimum atomic E-state index is -0.0408. The van der Waals surface area contributed by atoms with Gasteiger partial charge in [0.2, 0.25) is 0 Å². The van der Waals surface area contributed by atoms with E-state index in [1.54, 1.807) is 11.3 Å². The first-order chi connectivity index (χ1) is 12.8. The summed E-state index contributed by atoms with van der Waals surface area (Å²) < 4.78 is 10.8. The van der Waals surface area contributed by atoms with E-state index in [1.807, 2.05) is 21.7 Å². The first kappa shape index (κ1) is 15.7. The highest BCUT2D eigenvalue weighted by Crippen LogP contribution is 2.30. The predicted molar refractivity (Wildman–Crippen MR) is 94.0 cm³/mol. The largest absolute Gasteiger partial charge is 0.360 e. The van der Waals surface area contributed by atoms with Crippen molar-refractivity contribution in [3.05, 3.63) is 39.7 Å². The Morgan fingerprint density at radius 1 is 1.23 bits per heavy atom. The number of fused-ring (bicyclic) bond motifs is 1. The van der Waals surface area contributed by atoms with Gasteiger partial charge in [-0.1, -0.05) is 10.3 Å². The van der Waals surface area contributed by atoms with Crippen LogP contribution in [0.5, 0.6) is 0 Å². The Morgan fingerprint density at radius 2 is 2.15 bits per heavy atom. The molecule has 5 rings (SSSR count). The number of carbonyl (C=O) groups is 1. The summed E-state index contributed by atoms with van der Waals surface area (Å²) in [5.74, 6) is 2.15. The van der Waals surface area contributed by atoms with E-state index in [1.165, 1.54) is 0 Å². The van der Waals surface area contributed by atoms with Crippen molar-refractivity contribution in [3.8, 4) is 11.5 Å². The van der Waals surface area contributed by atoms with E-state index in [2.05, 4.69) is 15.3 Å². The lowest BCUT2D eigenvalue weighted by molar-refractivity contribution is 0.0779. The van der Waals surface area contributed by atoms with Crippen LogP contribution < -0.4 is 0 Å². The van der Waals surface area contributed by atoms with Crippen molar-refractivity contribution in [1.29, 1.82) is 0 Å². The number of thiophene rings is 1. The second-order valence-corrected chi connectivity index (χ2v) is 7.63. The maximum atomic E-state index is 12.9. The lowest BCUT2D eigenvalue weighted by atomic mass is 9.96. The van der Waals surface area contributed by atoms with Crippen molar-refractivity contribution in [2.45, 2.75) is 38.0 Å². The second kappa shape index (κ2) is 6.35. The summed E-state index contributed by atoms with van der Waals surface area (Å²) in [4.78, 5) is 19.2. The van der Waals surface area contributed by atoms with Gasteiger partial charge in [0.15, 0.2) is 11.5 Å². The van der Waals surface area contributed by atoms with Gasteiger partial charge in [-0.2, -0.15) is 16.3 Å². The zero-order valence-electron chi connectivity index (χ0n) is 14.2. The number of aromatic nitrogens is 3. The Kier molecular flexibility index (Phi) is 3.85. The van der Waals surface area contributed by atoms with E-state index >= 15 is 0 Å². The number of hydrogen-bond donors (Lipinski definition) is 0. The molecule has 0 unspecified atom stereocenters. The number of nitrogens with zero attached hydrogens (tertiary/aromatic N) is 4. The summed E-state index contributed by atoms with van der Waals surface area (Å²) in [5.41, 5.74) is 2.44. The lowest BCUT2D eigenvalue weighted by Gasteiger charge is -2.16. The van der Waals surface area contributed by atoms with Gasteiger partial charge in [0.05, 0.1) is 5.56 Å². The van der Waals surface area contributed by atoms with Crippen LogP contribution in [0, 0.1) is 0 Å². The van der Waals surface area contributed by atoms with Crippen LogP contribution >= 0.6 is 11.3 Å². The molecule has 0 spiro atoms. The number of aryl methyl sites for hydroxylation is 1. The van der Waals surface area contributed by atoms with Gasteiger partial charge in [-0.25, -0.2) is 0 Å². The van der Waals surface area contributed by atoms with E-state index in [0.29, 0.717) is 30.5 Å². The molecule has 0 N–H and O–H groups in total. The van der Waals surface area contributed by atoms with Gasteiger partial charge in [0, 0.05) is 36.4 Å². The Morgan fingerprint density at radius 3 is 3.04 bits per heavy atom. The van der Waals surface area contributed by atoms with Crippen molar-refractivity contribution in [3.63, 3.8) is 0 Å². The summed E-state index contributed by atoms with van der Waals surface area (Å²) in [6.07, 6.45) is 4.78. The molecule has 26 heavy (non-hydrogen) atoms. The molecule has 2 aliphatic rings. The summed E-state index contributed by atoms with van der Waals surface area (Å²) in [6.45, 7) is 1.26. The van der Waals surface area contributed by atoms with Crippen LogP contribution in [-0.2, 0) is 12.8 Å². The normalized spacial score (nSPS) is 19.7. The van der Waals surface area contributed by atoms with E-state index in [-0.39, 0.29) is 11.8 Å². The van der Waals surface area contributed by atoms with Crippen LogP contribution in [0.1, 0.15) is 52.8 Å². The molecule has 3 aromatic heterocycles. The van der Waals surface area contributed by atoms with Gasteiger partial charge in [-0.15, -0.1) is 0 Å². The highest BCUT2D eigenvalue weighted by atomic mass is 32.1. The number of amides is 1. The number of rotatable bonds is 3. The molecular formula is C18H18N4O3S. The maximum absolute atomic E-state index is 12.9. The van der Waals surface area contributed by atoms with Gasteiger partial charge >= 0.3 is 0 Å². The van der Waals surface area contributed by atoms with E-state index in [4.69, 9.17) is 9.05 Å². The fraction of sp³-hybridized carbons (Fsp3) is 0.444. The van der Waals surface area contributed by atoms with Gasteiger partial charge in [-0.05, 0) is 37.1 Å². The molecule has 7 nitrogen and oxygen atoms in total. The van der Waals surface area contributed by atoms with Gasteiger partial charge in [0.1, 0.15) is 5.76 Å². The van der Waals surface area contributed by atoms with Gasteiger partial charge in [0.25, 0.3) is 11.8 Å². The first-order valence-corrected chi connectivity index (χ1v) is 9.87. The average molecular weight is 370 g/mol. The molecular weight excluding hydrogens is 352 g/mol. The zero-order valence-corrected chi connectivity index (χ0v) is 15.0. The first-order valence-electron chi connectivity index (χ1n) is 8.92. The molecule has 0 bridgehead atoms.